The molecule has 8 heteroatoms. The molecule has 144 valence electrons. The highest BCUT2D eigenvalue weighted by Gasteiger charge is 2.36. The van der Waals surface area contributed by atoms with Crippen LogP contribution in [-0.4, -0.2) is 50.4 Å². The van der Waals surface area contributed by atoms with Crippen molar-refractivity contribution >= 4 is 28.3 Å². The van der Waals surface area contributed by atoms with Gasteiger partial charge in [0.15, 0.2) is 0 Å². The molecule has 1 aromatic rings. The Kier molecular flexibility index (Phi) is 5.63. The molecule has 2 atom stereocenters. The summed E-state index contributed by atoms with van der Waals surface area (Å²) in [6.07, 6.45) is 6.09. The molecule has 1 saturated carbocycles. The molecule has 2 N–H and O–H groups in total. The van der Waals surface area contributed by atoms with Gasteiger partial charge in [-0.1, -0.05) is 6.07 Å². The third kappa shape index (κ3) is 4.06. The lowest BCUT2D eigenvalue weighted by molar-refractivity contribution is 0.0681. The summed E-state index contributed by atoms with van der Waals surface area (Å²) in [5.74, 6) is -0.102. The van der Waals surface area contributed by atoms with Gasteiger partial charge in [0.25, 0.3) is 5.91 Å². The third-order valence-corrected chi connectivity index (χ3v) is 7.12. The summed E-state index contributed by atoms with van der Waals surface area (Å²) in [6, 6.07) is 7.68. The number of halogens is 1. The second-order valence-electron chi connectivity index (χ2n) is 7.60. The van der Waals surface area contributed by atoms with Crippen LogP contribution < -0.4 is 10.0 Å². The fourth-order valence-corrected chi connectivity index (χ4v) is 5.35. The van der Waals surface area contributed by atoms with E-state index in [4.69, 9.17) is 0 Å². The lowest BCUT2D eigenvalue weighted by atomic mass is 9.98. The molecular formula is C18H26ClN3O3S. The Labute approximate surface area is 161 Å². The third-order valence-electron chi connectivity index (χ3n) is 5.61. The number of fused-ring (bicyclic) bond motifs is 2. The van der Waals surface area contributed by atoms with E-state index in [2.05, 4.69) is 10.0 Å². The minimum Gasteiger partial charge on any atom is -0.339 e. The molecule has 4 rings (SSSR count). The molecule has 3 fully saturated rings. The molecule has 0 spiro atoms. The second kappa shape index (κ2) is 7.46. The summed E-state index contributed by atoms with van der Waals surface area (Å²) in [5.41, 5.74) is 0.437. The van der Waals surface area contributed by atoms with E-state index in [9.17, 15) is 13.2 Å². The van der Waals surface area contributed by atoms with Crippen molar-refractivity contribution in [1.82, 2.24) is 14.9 Å². The number of nitrogens with one attached hydrogen (secondary N) is 2. The number of hydrogen-bond donors (Lipinski definition) is 2. The van der Waals surface area contributed by atoms with Gasteiger partial charge in [-0.2, -0.15) is 0 Å². The SMILES string of the molecule is CN(C(=O)c1cccc(S(=O)(=O)NC2CC2)c1)C1CC2CCC(C1)N2.Cl. The van der Waals surface area contributed by atoms with Crippen molar-refractivity contribution in [2.45, 2.75) is 67.6 Å². The molecule has 1 amide bonds. The van der Waals surface area contributed by atoms with Crippen LogP contribution in [0, 0.1) is 0 Å². The zero-order valence-corrected chi connectivity index (χ0v) is 16.5. The van der Waals surface area contributed by atoms with E-state index in [1.54, 1.807) is 23.1 Å². The monoisotopic (exact) mass is 399 g/mol. The molecule has 2 aliphatic heterocycles. The summed E-state index contributed by atoms with van der Waals surface area (Å²) < 4.78 is 27.4. The first-order chi connectivity index (χ1) is 11.9. The van der Waals surface area contributed by atoms with Gasteiger partial charge < -0.3 is 10.2 Å². The Morgan fingerprint density at radius 2 is 1.81 bits per heavy atom. The Hall–Kier alpha value is -1.15. The van der Waals surface area contributed by atoms with Crippen LogP contribution in [0.3, 0.4) is 0 Å². The number of rotatable bonds is 5. The van der Waals surface area contributed by atoms with Gasteiger partial charge in [0, 0.05) is 36.8 Å². The average Bonchev–Trinajstić information content (AvgIpc) is 3.35. The van der Waals surface area contributed by atoms with E-state index < -0.39 is 10.0 Å². The highest BCUT2D eigenvalue weighted by Crippen LogP contribution is 2.30. The number of sulfonamides is 1. The number of carbonyl (C=O) groups is 1. The number of amides is 1. The van der Waals surface area contributed by atoms with Crippen LogP contribution in [0.5, 0.6) is 0 Å². The highest BCUT2D eigenvalue weighted by molar-refractivity contribution is 7.89. The maximum atomic E-state index is 12.9. The van der Waals surface area contributed by atoms with Crippen LogP contribution in [0.15, 0.2) is 29.2 Å². The fourth-order valence-electron chi connectivity index (χ4n) is 4.00. The number of hydrogen-bond acceptors (Lipinski definition) is 4. The lowest BCUT2D eigenvalue weighted by Gasteiger charge is -2.35. The van der Waals surface area contributed by atoms with E-state index in [1.807, 2.05) is 7.05 Å². The Morgan fingerprint density at radius 1 is 1.15 bits per heavy atom. The van der Waals surface area contributed by atoms with E-state index in [0.717, 1.165) is 25.7 Å². The maximum absolute atomic E-state index is 12.9. The largest absolute Gasteiger partial charge is 0.339 e. The molecule has 6 nitrogen and oxygen atoms in total. The van der Waals surface area contributed by atoms with Crippen LogP contribution in [0.25, 0.3) is 0 Å². The molecule has 0 aromatic heterocycles. The predicted octanol–water partition coefficient (Wildman–Crippen LogP) is 1.90. The number of carbonyl (C=O) groups excluding carboxylic acids is 1. The second-order valence-corrected chi connectivity index (χ2v) is 9.32. The van der Waals surface area contributed by atoms with Gasteiger partial charge in [-0.15, -0.1) is 12.4 Å². The van der Waals surface area contributed by atoms with E-state index >= 15 is 0 Å². The van der Waals surface area contributed by atoms with Crippen LogP contribution in [0.2, 0.25) is 0 Å². The van der Waals surface area contributed by atoms with E-state index in [0.29, 0.717) is 17.6 Å². The normalized spacial score (nSPS) is 27.7. The topological polar surface area (TPSA) is 78.5 Å². The van der Waals surface area contributed by atoms with Gasteiger partial charge in [0.05, 0.1) is 4.90 Å². The molecular weight excluding hydrogens is 374 g/mol. The van der Waals surface area contributed by atoms with Gasteiger partial charge >= 0.3 is 0 Å². The smallest absolute Gasteiger partial charge is 0.253 e. The first kappa shape index (κ1) is 19.6. The number of piperidine rings is 1. The maximum Gasteiger partial charge on any atom is 0.253 e. The Bertz CT molecular complexity index is 770. The van der Waals surface area contributed by atoms with Crippen molar-refractivity contribution in [3.8, 4) is 0 Å². The van der Waals surface area contributed by atoms with Gasteiger partial charge in [0.2, 0.25) is 10.0 Å². The Balaban J connectivity index is 0.00000196. The van der Waals surface area contributed by atoms with Crippen molar-refractivity contribution in [3.05, 3.63) is 29.8 Å². The van der Waals surface area contributed by atoms with Gasteiger partial charge in [-0.3, -0.25) is 4.79 Å². The average molecular weight is 400 g/mol. The van der Waals surface area contributed by atoms with Crippen molar-refractivity contribution in [3.63, 3.8) is 0 Å². The molecule has 2 saturated heterocycles. The van der Waals surface area contributed by atoms with Crippen molar-refractivity contribution in [2.24, 2.45) is 0 Å². The zero-order chi connectivity index (χ0) is 17.6. The van der Waals surface area contributed by atoms with Gasteiger partial charge in [0.1, 0.15) is 0 Å². The number of nitrogens with zero attached hydrogens (tertiary/aromatic N) is 1. The summed E-state index contributed by atoms with van der Waals surface area (Å²) >= 11 is 0. The van der Waals surface area contributed by atoms with Crippen molar-refractivity contribution in [2.75, 3.05) is 7.05 Å². The molecule has 0 radical (unpaired) electrons. The van der Waals surface area contributed by atoms with Crippen molar-refractivity contribution in [1.29, 1.82) is 0 Å². The molecule has 2 bridgehead atoms. The lowest BCUT2D eigenvalue weighted by Crippen LogP contribution is -2.48. The first-order valence-corrected chi connectivity index (χ1v) is 10.6. The minimum absolute atomic E-state index is 0. The molecule has 26 heavy (non-hydrogen) atoms. The summed E-state index contributed by atoms with van der Waals surface area (Å²) in [7, 11) is -1.71. The van der Waals surface area contributed by atoms with Crippen LogP contribution in [0.1, 0.15) is 48.9 Å². The molecule has 1 aromatic carbocycles. The molecule has 3 aliphatic rings. The zero-order valence-electron chi connectivity index (χ0n) is 14.8. The van der Waals surface area contributed by atoms with Gasteiger partial charge in [-0.05, 0) is 56.7 Å². The van der Waals surface area contributed by atoms with E-state index in [1.165, 1.54) is 18.9 Å². The van der Waals surface area contributed by atoms with Crippen LogP contribution in [-0.2, 0) is 10.0 Å². The molecule has 1 aliphatic carbocycles. The summed E-state index contributed by atoms with van der Waals surface area (Å²) in [6.45, 7) is 0. The Morgan fingerprint density at radius 3 is 2.42 bits per heavy atom. The van der Waals surface area contributed by atoms with Crippen molar-refractivity contribution < 1.29 is 13.2 Å². The molecule has 2 heterocycles. The molecule has 2 unspecified atom stereocenters. The number of benzene rings is 1. The van der Waals surface area contributed by atoms with Crippen LogP contribution in [0.4, 0.5) is 0 Å². The minimum atomic E-state index is -3.54. The fraction of sp³-hybridized carbons (Fsp3) is 0.611. The quantitative estimate of drug-likeness (QED) is 0.792. The van der Waals surface area contributed by atoms with Gasteiger partial charge in [-0.25, -0.2) is 13.1 Å². The summed E-state index contributed by atoms with van der Waals surface area (Å²) in [4.78, 5) is 14.8. The van der Waals surface area contributed by atoms with E-state index in [-0.39, 0.29) is 35.3 Å². The standard InChI is InChI=1S/C18H25N3O3S.ClH/c1-21(16-10-14-7-8-15(11-16)19-14)18(22)12-3-2-4-17(9-12)25(23,24)20-13-5-6-13;/h2-4,9,13-16,19-20H,5-8,10-11H2,1H3;1H. The van der Waals surface area contributed by atoms with Crippen LogP contribution >= 0.6 is 12.4 Å². The highest BCUT2D eigenvalue weighted by atomic mass is 35.5. The first-order valence-electron chi connectivity index (χ1n) is 9.08. The summed E-state index contributed by atoms with van der Waals surface area (Å²) in [5, 5.41) is 3.58. The predicted molar refractivity (Wildman–Crippen MR) is 102 cm³/mol.